The highest BCUT2D eigenvalue weighted by Gasteiger charge is 2.26. The maximum Gasteiger partial charge on any atom is 0.161 e. The summed E-state index contributed by atoms with van der Waals surface area (Å²) < 4.78 is 8.81. The zero-order valence-corrected chi connectivity index (χ0v) is 29.7. The van der Waals surface area contributed by atoms with Gasteiger partial charge in [-0.05, 0) is 69.9 Å². The monoisotopic (exact) mass is 701 g/mol. The van der Waals surface area contributed by atoms with Crippen molar-refractivity contribution >= 4 is 54.5 Å². The quantitative estimate of drug-likeness (QED) is 0.184. The van der Waals surface area contributed by atoms with E-state index in [1.165, 1.54) is 49.3 Å². The highest BCUT2D eigenvalue weighted by molar-refractivity contribution is 6.13. The van der Waals surface area contributed by atoms with Gasteiger partial charge < -0.3 is 8.98 Å². The van der Waals surface area contributed by atoms with Crippen LogP contribution in [0.25, 0.3) is 105 Å². The normalized spacial score (nSPS) is 12.3. The Kier molecular flexibility index (Phi) is 6.37. The van der Waals surface area contributed by atoms with Crippen molar-refractivity contribution in [3.05, 3.63) is 187 Å². The Hall–Kier alpha value is -7.30. The molecule has 1 aliphatic heterocycles. The first-order chi connectivity index (χ1) is 27.2. The molecule has 4 heterocycles. The molecule has 0 radical (unpaired) electrons. The van der Waals surface area contributed by atoms with Crippen LogP contribution in [0.4, 0.5) is 0 Å². The van der Waals surface area contributed by atoms with Crippen molar-refractivity contribution in [1.29, 1.82) is 0 Å². The second kappa shape index (κ2) is 11.6. The van der Waals surface area contributed by atoms with E-state index >= 15 is 0 Å². The number of hydrogen-bond donors (Lipinski definition) is 0. The zero-order chi connectivity index (χ0) is 36.0. The first-order valence-corrected chi connectivity index (χ1v) is 18.8. The lowest BCUT2D eigenvalue weighted by molar-refractivity contribution is 0.669. The molecule has 256 valence electrons. The van der Waals surface area contributed by atoms with Gasteiger partial charge in [-0.25, -0.2) is 9.97 Å². The van der Waals surface area contributed by atoms with Crippen LogP contribution in [0.1, 0.15) is 11.1 Å². The molecule has 8 aromatic carbocycles. The summed E-state index contributed by atoms with van der Waals surface area (Å²) in [7, 11) is 0. The lowest BCUT2D eigenvalue weighted by Crippen LogP contribution is -2.05. The first-order valence-electron chi connectivity index (χ1n) is 18.8. The molecule has 0 saturated carbocycles. The minimum Gasteiger partial charge on any atom is -0.456 e. The number of hydrogen-bond acceptors (Lipinski definition) is 3. The molecule has 12 rings (SSSR count). The van der Waals surface area contributed by atoms with Crippen LogP contribution >= 0.6 is 0 Å². The van der Waals surface area contributed by atoms with Gasteiger partial charge in [-0.2, -0.15) is 0 Å². The molecule has 0 aliphatic carbocycles. The SMILES string of the molecule is c1ccc(-c2ccc3c(c2)c2ccc4cc2n3-c2ccccc2-c2nc(-c3cccc5oc6ccccc6c35)nc(-c3ccc5ccccc5c3)c2C4)cc1. The van der Waals surface area contributed by atoms with Crippen molar-refractivity contribution in [3.8, 4) is 50.7 Å². The van der Waals surface area contributed by atoms with Gasteiger partial charge in [-0.15, -0.1) is 0 Å². The fourth-order valence-corrected chi connectivity index (χ4v) is 8.85. The van der Waals surface area contributed by atoms with Crippen LogP contribution in [0, 0.1) is 0 Å². The number of aromatic nitrogens is 3. The van der Waals surface area contributed by atoms with Gasteiger partial charge >= 0.3 is 0 Å². The second-order valence-electron chi connectivity index (χ2n) is 14.5. The molecule has 55 heavy (non-hydrogen) atoms. The topological polar surface area (TPSA) is 43.9 Å². The van der Waals surface area contributed by atoms with Crippen LogP contribution in [0.5, 0.6) is 0 Å². The molecule has 2 bridgehead atoms. The molecule has 0 saturated heterocycles. The predicted molar refractivity (Wildman–Crippen MR) is 226 cm³/mol. The van der Waals surface area contributed by atoms with Gasteiger partial charge in [0, 0.05) is 50.2 Å². The number of rotatable bonds is 3. The molecule has 1 aliphatic rings. The van der Waals surface area contributed by atoms with Crippen LogP contribution in [0.2, 0.25) is 0 Å². The van der Waals surface area contributed by atoms with Crippen molar-refractivity contribution in [2.75, 3.05) is 0 Å². The Morgan fingerprint density at radius 3 is 2.16 bits per heavy atom. The van der Waals surface area contributed by atoms with Gasteiger partial charge in [-0.3, -0.25) is 0 Å². The van der Waals surface area contributed by atoms with E-state index in [0.717, 1.165) is 61.3 Å². The average Bonchev–Trinajstić information content (AvgIpc) is 3.79. The molecule has 3 aromatic heterocycles. The summed E-state index contributed by atoms with van der Waals surface area (Å²) in [6.45, 7) is 0. The number of furan rings is 1. The average molecular weight is 702 g/mol. The number of nitrogens with zero attached hydrogens (tertiary/aromatic N) is 3. The molecule has 4 heteroatoms. The van der Waals surface area contributed by atoms with Gasteiger partial charge in [-0.1, -0.05) is 133 Å². The fourth-order valence-electron chi connectivity index (χ4n) is 8.85. The Morgan fingerprint density at radius 1 is 0.455 bits per heavy atom. The summed E-state index contributed by atoms with van der Waals surface area (Å²) in [4.78, 5) is 11.2. The molecule has 0 fully saturated rings. The standard InChI is InChI=1S/C51H31N3O/c1-2-11-32(12-3-1)35-24-26-44-41(30-35)37-25-21-31-27-42-49(36-23-22-33-13-4-5-14-34(33)29-36)52-51(40-17-10-20-47-48(40)39-16-7-9-19-46(39)55-47)53-50(42)38-15-6-8-18-43(38)54(44)45(37)28-31/h1-26,28-30H,27H2. The van der Waals surface area contributed by atoms with E-state index in [1.54, 1.807) is 0 Å². The molecular formula is C51H31N3O. The first kappa shape index (κ1) is 30.2. The summed E-state index contributed by atoms with van der Waals surface area (Å²) in [5.41, 5.74) is 14.8. The summed E-state index contributed by atoms with van der Waals surface area (Å²) in [5, 5.41) is 6.93. The fraction of sp³-hybridized carbons (Fsp3) is 0.0196. The van der Waals surface area contributed by atoms with Gasteiger partial charge in [0.2, 0.25) is 0 Å². The zero-order valence-electron chi connectivity index (χ0n) is 29.7. The molecule has 0 atom stereocenters. The Labute approximate surface area is 316 Å². The van der Waals surface area contributed by atoms with Gasteiger partial charge in [0.25, 0.3) is 0 Å². The number of benzene rings is 8. The number of para-hydroxylation sites is 2. The lowest BCUT2D eigenvalue weighted by Gasteiger charge is -2.19. The molecule has 0 unspecified atom stereocenters. The Morgan fingerprint density at radius 2 is 1.22 bits per heavy atom. The van der Waals surface area contributed by atoms with Crippen molar-refractivity contribution in [1.82, 2.24) is 14.5 Å². The molecule has 0 N–H and O–H groups in total. The highest BCUT2D eigenvalue weighted by atomic mass is 16.3. The maximum absolute atomic E-state index is 6.37. The third-order valence-electron chi connectivity index (χ3n) is 11.4. The Bertz CT molecular complexity index is 3350. The molecule has 0 spiro atoms. The minimum absolute atomic E-state index is 0.676. The molecule has 0 amide bonds. The Balaban J connectivity index is 1.18. The van der Waals surface area contributed by atoms with Crippen molar-refractivity contribution in [2.45, 2.75) is 6.42 Å². The van der Waals surface area contributed by atoms with E-state index in [1.807, 2.05) is 24.3 Å². The van der Waals surface area contributed by atoms with E-state index in [9.17, 15) is 0 Å². The predicted octanol–water partition coefficient (Wildman–Crippen LogP) is 13.2. The van der Waals surface area contributed by atoms with Crippen molar-refractivity contribution in [3.63, 3.8) is 0 Å². The number of fused-ring (bicyclic) bond motifs is 12. The van der Waals surface area contributed by atoms with Crippen LogP contribution in [0.3, 0.4) is 0 Å². The van der Waals surface area contributed by atoms with Crippen LogP contribution in [-0.4, -0.2) is 14.5 Å². The molecule has 11 aromatic rings. The molecule has 4 nitrogen and oxygen atoms in total. The van der Waals surface area contributed by atoms with Crippen molar-refractivity contribution in [2.24, 2.45) is 0 Å². The van der Waals surface area contributed by atoms with Crippen LogP contribution in [-0.2, 0) is 6.42 Å². The summed E-state index contributed by atoms with van der Waals surface area (Å²) in [5.74, 6) is 0.676. The smallest absolute Gasteiger partial charge is 0.161 e. The van der Waals surface area contributed by atoms with E-state index in [-0.39, 0.29) is 0 Å². The van der Waals surface area contributed by atoms with Crippen LogP contribution in [0.15, 0.2) is 180 Å². The maximum atomic E-state index is 6.37. The third kappa shape index (κ3) is 4.58. The van der Waals surface area contributed by atoms with Crippen molar-refractivity contribution < 1.29 is 4.42 Å². The van der Waals surface area contributed by atoms with Gasteiger partial charge in [0.05, 0.1) is 28.1 Å². The van der Waals surface area contributed by atoms with E-state index < -0.39 is 0 Å². The van der Waals surface area contributed by atoms with E-state index in [4.69, 9.17) is 14.4 Å². The second-order valence-corrected chi connectivity index (χ2v) is 14.5. The largest absolute Gasteiger partial charge is 0.456 e. The highest BCUT2D eigenvalue weighted by Crippen LogP contribution is 2.44. The lowest BCUT2D eigenvalue weighted by atomic mass is 9.92. The van der Waals surface area contributed by atoms with Crippen LogP contribution < -0.4 is 0 Å². The minimum atomic E-state index is 0.676. The summed E-state index contributed by atoms with van der Waals surface area (Å²) in [6.07, 6.45) is 0.678. The van der Waals surface area contributed by atoms with Gasteiger partial charge in [0.15, 0.2) is 5.82 Å². The van der Waals surface area contributed by atoms with Gasteiger partial charge in [0.1, 0.15) is 11.2 Å². The van der Waals surface area contributed by atoms with E-state index in [0.29, 0.717) is 12.2 Å². The third-order valence-corrected chi connectivity index (χ3v) is 11.4. The molecular weight excluding hydrogens is 671 g/mol. The summed E-state index contributed by atoms with van der Waals surface area (Å²) in [6, 6.07) is 62.9. The summed E-state index contributed by atoms with van der Waals surface area (Å²) >= 11 is 0. The van der Waals surface area contributed by atoms with E-state index in [2.05, 4.69) is 156 Å².